The van der Waals surface area contributed by atoms with E-state index in [0.29, 0.717) is 32.5 Å². The smallest absolute Gasteiger partial charge is 0.413 e. The van der Waals surface area contributed by atoms with Gasteiger partial charge in [-0.2, -0.15) is 0 Å². The van der Waals surface area contributed by atoms with Crippen molar-refractivity contribution < 1.29 is 28.8 Å². The van der Waals surface area contributed by atoms with E-state index in [0.717, 1.165) is 4.90 Å². The second-order valence-corrected chi connectivity index (χ2v) is 4.89. The molecule has 0 aromatic heterocycles. The fourth-order valence-electron chi connectivity index (χ4n) is 2.36. The molecule has 0 aliphatic carbocycles. The summed E-state index contributed by atoms with van der Waals surface area (Å²) in [6.45, 7) is 5.36. The van der Waals surface area contributed by atoms with Crippen molar-refractivity contribution in [3.63, 3.8) is 0 Å². The molecule has 20 heavy (non-hydrogen) atoms. The van der Waals surface area contributed by atoms with Crippen LogP contribution in [0.15, 0.2) is 0 Å². The molecule has 1 rings (SSSR count). The summed E-state index contributed by atoms with van der Waals surface area (Å²) in [6, 6.07) is -0.350. The normalized spacial score (nSPS) is 23.6. The van der Waals surface area contributed by atoms with Crippen molar-refractivity contribution in [1.29, 1.82) is 0 Å². The van der Waals surface area contributed by atoms with Crippen LogP contribution in [0.5, 0.6) is 0 Å². The van der Waals surface area contributed by atoms with E-state index in [-0.39, 0.29) is 23.8 Å². The number of ether oxygens (including phenoxy) is 2. The summed E-state index contributed by atoms with van der Waals surface area (Å²) in [7, 11) is 1.21. The van der Waals surface area contributed by atoms with Crippen molar-refractivity contribution in [2.24, 2.45) is 5.92 Å². The second-order valence-electron chi connectivity index (χ2n) is 4.89. The Morgan fingerprint density at radius 3 is 2.40 bits per heavy atom. The molecule has 1 aliphatic rings. The maximum absolute atomic E-state index is 11.8. The van der Waals surface area contributed by atoms with Crippen LogP contribution >= 0.6 is 0 Å². The first kappa shape index (κ1) is 16.4. The van der Waals surface area contributed by atoms with E-state index >= 15 is 0 Å². The molecule has 0 bridgehead atoms. The number of imide groups is 1. The van der Waals surface area contributed by atoms with E-state index in [2.05, 4.69) is 10.1 Å². The van der Waals surface area contributed by atoms with E-state index < -0.39 is 6.09 Å². The lowest BCUT2D eigenvalue weighted by molar-refractivity contribution is -0.919. The Morgan fingerprint density at radius 2 is 1.90 bits per heavy atom. The molecular formula is C13H23N2O5+. The Balaban J connectivity index is 2.42. The minimum atomic E-state index is -0.748. The number of piperidine rings is 1. The van der Waals surface area contributed by atoms with Gasteiger partial charge in [0.15, 0.2) is 6.04 Å². The number of carbonyl (C=O) groups excluding carboxylic acids is 3. The lowest BCUT2D eigenvalue weighted by Crippen LogP contribution is -3.17. The highest BCUT2D eigenvalue weighted by atomic mass is 16.5. The molecule has 2 amide bonds. The van der Waals surface area contributed by atoms with Crippen molar-refractivity contribution in [2.45, 2.75) is 32.7 Å². The standard InChI is InChI=1S/C13H22N2O5/c1-4-20-12(17)10-5-7-15(8-6-10)9(2)11(16)14-13(18)19-3/h9-10H,4-8H2,1-3H3,(H,14,16,18)/p+1/t9-/m0/s1. The van der Waals surface area contributed by atoms with Crippen LogP contribution in [-0.2, 0) is 19.1 Å². The largest absolute Gasteiger partial charge is 0.466 e. The topological polar surface area (TPSA) is 86.1 Å². The highest BCUT2D eigenvalue weighted by Crippen LogP contribution is 2.11. The maximum Gasteiger partial charge on any atom is 0.413 e. The summed E-state index contributed by atoms with van der Waals surface area (Å²) in [6.07, 6.45) is 0.649. The third-order valence-corrected chi connectivity index (χ3v) is 3.66. The molecule has 7 heteroatoms. The molecule has 0 aromatic carbocycles. The maximum atomic E-state index is 11.8. The molecule has 7 nitrogen and oxygen atoms in total. The van der Waals surface area contributed by atoms with Gasteiger partial charge in [0.05, 0.1) is 32.7 Å². The van der Waals surface area contributed by atoms with Gasteiger partial charge in [0, 0.05) is 12.8 Å². The number of amides is 2. The molecule has 1 aliphatic heterocycles. The van der Waals surface area contributed by atoms with Gasteiger partial charge in [-0.25, -0.2) is 4.79 Å². The van der Waals surface area contributed by atoms with E-state index in [1.165, 1.54) is 7.11 Å². The number of nitrogens with one attached hydrogen (secondary N) is 2. The molecule has 114 valence electrons. The molecule has 0 radical (unpaired) electrons. The Morgan fingerprint density at radius 1 is 1.30 bits per heavy atom. The molecule has 1 saturated heterocycles. The zero-order chi connectivity index (χ0) is 15.1. The fraction of sp³-hybridized carbons (Fsp3) is 0.769. The van der Waals surface area contributed by atoms with Gasteiger partial charge in [-0.3, -0.25) is 14.9 Å². The van der Waals surface area contributed by atoms with Crippen molar-refractivity contribution >= 4 is 18.0 Å². The van der Waals surface area contributed by atoms with Crippen LogP contribution in [-0.4, -0.2) is 50.8 Å². The predicted octanol–water partition coefficient (Wildman–Crippen LogP) is -0.884. The van der Waals surface area contributed by atoms with E-state index in [4.69, 9.17) is 4.74 Å². The summed E-state index contributed by atoms with van der Waals surface area (Å²) in [4.78, 5) is 35.5. The van der Waals surface area contributed by atoms with Gasteiger partial charge in [-0.1, -0.05) is 0 Å². The first-order valence-corrected chi connectivity index (χ1v) is 6.89. The highest BCUT2D eigenvalue weighted by molar-refractivity contribution is 5.93. The van der Waals surface area contributed by atoms with Crippen LogP contribution in [0.4, 0.5) is 4.79 Å². The quantitative estimate of drug-likeness (QED) is 0.656. The van der Waals surface area contributed by atoms with Gasteiger partial charge in [0.2, 0.25) is 0 Å². The monoisotopic (exact) mass is 287 g/mol. The molecule has 0 aromatic rings. The van der Waals surface area contributed by atoms with Gasteiger partial charge < -0.3 is 14.4 Å². The Bertz CT molecular complexity index is 364. The molecule has 0 unspecified atom stereocenters. The number of carbonyl (C=O) groups is 3. The van der Waals surface area contributed by atoms with Crippen LogP contribution < -0.4 is 10.2 Å². The lowest BCUT2D eigenvalue weighted by atomic mass is 9.96. The summed E-state index contributed by atoms with van der Waals surface area (Å²) in [5, 5.41) is 2.17. The third-order valence-electron chi connectivity index (χ3n) is 3.66. The van der Waals surface area contributed by atoms with Gasteiger partial charge in [0.1, 0.15) is 0 Å². The Hall–Kier alpha value is -1.63. The van der Waals surface area contributed by atoms with Gasteiger partial charge in [0.25, 0.3) is 5.91 Å². The number of hydrogen-bond acceptors (Lipinski definition) is 5. The molecular weight excluding hydrogens is 264 g/mol. The van der Waals surface area contributed by atoms with Gasteiger partial charge >= 0.3 is 12.1 Å². The molecule has 0 saturated carbocycles. The van der Waals surface area contributed by atoms with Crippen LogP contribution in [0.1, 0.15) is 26.7 Å². The van der Waals surface area contributed by atoms with Crippen molar-refractivity contribution in [2.75, 3.05) is 26.8 Å². The number of methoxy groups -OCH3 is 1. The summed E-state index contributed by atoms with van der Waals surface area (Å²) in [5.74, 6) is -0.589. The number of quaternary nitrogens is 1. The molecule has 1 heterocycles. The molecule has 2 N–H and O–H groups in total. The minimum absolute atomic E-state index is 0.0745. The Labute approximate surface area is 118 Å². The van der Waals surface area contributed by atoms with E-state index in [1.54, 1.807) is 13.8 Å². The van der Waals surface area contributed by atoms with Gasteiger partial charge in [-0.05, 0) is 13.8 Å². The van der Waals surface area contributed by atoms with Crippen molar-refractivity contribution in [1.82, 2.24) is 5.32 Å². The van der Waals surface area contributed by atoms with Crippen LogP contribution in [0.25, 0.3) is 0 Å². The molecule has 0 spiro atoms. The minimum Gasteiger partial charge on any atom is -0.466 e. The van der Waals surface area contributed by atoms with Crippen LogP contribution in [0.2, 0.25) is 0 Å². The average molecular weight is 287 g/mol. The fourth-order valence-corrected chi connectivity index (χ4v) is 2.36. The third kappa shape index (κ3) is 4.48. The van der Waals surface area contributed by atoms with Crippen LogP contribution in [0, 0.1) is 5.92 Å². The van der Waals surface area contributed by atoms with Crippen molar-refractivity contribution in [3.8, 4) is 0 Å². The number of rotatable bonds is 4. The predicted molar refractivity (Wildman–Crippen MR) is 70.1 cm³/mol. The molecule has 1 fully saturated rings. The highest BCUT2D eigenvalue weighted by Gasteiger charge is 2.33. The lowest BCUT2D eigenvalue weighted by Gasteiger charge is -2.31. The number of hydrogen-bond donors (Lipinski definition) is 2. The SMILES string of the molecule is CCOC(=O)C1CC[NH+]([C@@H](C)C(=O)NC(=O)OC)CC1. The van der Waals surface area contributed by atoms with E-state index in [9.17, 15) is 14.4 Å². The number of likely N-dealkylation sites (tertiary alicyclic amines) is 1. The summed E-state index contributed by atoms with van der Waals surface area (Å²) >= 11 is 0. The first-order valence-electron chi connectivity index (χ1n) is 6.89. The zero-order valence-electron chi connectivity index (χ0n) is 12.2. The average Bonchev–Trinajstić information content (AvgIpc) is 2.46. The summed E-state index contributed by atoms with van der Waals surface area (Å²) in [5.41, 5.74) is 0. The summed E-state index contributed by atoms with van der Waals surface area (Å²) < 4.78 is 9.40. The number of alkyl carbamates (subject to hydrolysis) is 1. The zero-order valence-corrected chi connectivity index (χ0v) is 12.2. The first-order chi connectivity index (χ1) is 9.49. The van der Waals surface area contributed by atoms with Crippen LogP contribution in [0.3, 0.4) is 0 Å². The number of esters is 1. The van der Waals surface area contributed by atoms with E-state index in [1.807, 2.05) is 0 Å². The second kappa shape index (κ2) is 7.84. The van der Waals surface area contributed by atoms with Crippen molar-refractivity contribution in [3.05, 3.63) is 0 Å². The van der Waals surface area contributed by atoms with Gasteiger partial charge in [-0.15, -0.1) is 0 Å². The Kier molecular flexibility index (Phi) is 6.44. The molecule has 1 atom stereocenters.